The summed E-state index contributed by atoms with van der Waals surface area (Å²) in [5, 5.41) is 8.84. The van der Waals surface area contributed by atoms with Gasteiger partial charge >= 0.3 is 0 Å². The Bertz CT molecular complexity index is 953. The van der Waals surface area contributed by atoms with Gasteiger partial charge in [-0.1, -0.05) is 30.0 Å². The molecule has 0 aliphatic carbocycles. The quantitative estimate of drug-likeness (QED) is 0.684. The minimum Gasteiger partial charge on any atom is -0.219 e. The summed E-state index contributed by atoms with van der Waals surface area (Å²) in [7, 11) is -3.48. The number of rotatable bonds is 4. The molecule has 0 fully saturated rings. The van der Waals surface area contributed by atoms with Crippen molar-refractivity contribution in [3.63, 3.8) is 0 Å². The molecular weight excluding hydrogens is 346 g/mol. The van der Waals surface area contributed by atoms with Crippen molar-refractivity contribution in [3.05, 3.63) is 71.6 Å². The molecule has 6 heteroatoms. The molecule has 23 heavy (non-hydrogen) atoms. The molecule has 0 aliphatic rings. The molecular formula is C17H11NO2S3. The summed E-state index contributed by atoms with van der Waals surface area (Å²) < 4.78 is 26.0. The zero-order chi connectivity index (χ0) is 16.3. The third-order valence-electron chi connectivity index (χ3n) is 3.10. The SMILES string of the molecule is N#Cc1ccc(Sc2ccc(S(=O)(=O)c3ccccc3)cc2)s1. The Balaban J connectivity index is 1.83. The van der Waals surface area contributed by atoms with Gasteiger partial charge in [0.05, 0.1) is 14.0 Å². The minimum atomic E-state index is -3.48. The van der Waals surface area contributed by atoms with Crippen molar-refractivity contribution in [2.75, 3.05) is 0 Å². The van der Waals surface area contributed by atoms with Gasteiger partial charge in [0, 0.05) is 4.90 Å². The molecule has 2 aromatic carbocycles. The molecule has 0 bridgehead atoms. The highest BCUT2D eigenvalue weighted by Gasteiger charge is 2.16. The topological polar surface area (TPSA) is 57.9 Å². The molecule has 114 valence electrons. The van der Waals surface area contributed by atoms with Crippen LogP contribution in [0, 0.1) is 11.3 Å². The van der Waals surface area contributed by atoms with E-state index in [0.717, 1.165) is 9.10 Å². The molecule has 0 amide bonds. The van der Waals surface area contributed by atoms with Crippen LogP contribution in [0.15, 0.2) is 85.6 Å². The van der Waals surface area contributed by atoms with E-state index in [1.807, 2.05) is 6.07 Å². The van der Waals surface area contributed by atoms with Crippen LogP contribution in [0.25, 0.3) is 0 Å². The first-order chi connectivity index (χ1) is 11.1. The summed E-state index contributed by atoms with van der Waals surface area (Å²) in [6, 6.07) is 21.0. The Morgan fingerprint density at radius 2 is 1.52 bits per heavy atom. The standard InChI is InChI=1S/C17H11NO2S3/c18-12-14-8-11-17(22-14)21-13-6-9-16(10-7-13)23(19,20)15-4-2-1-3-5-15/h1-11H. The maximum Gasteiger partial charge on any atom is 0.206 e. The Kier molecular flexibility index (Phi) is 4.53. The van der Waals surface area contributed by atoms with Crippen molar-refractivity contribution in [2.45, 2.75) is 18.9 Å². The second kappa shape index (κ2) is 6.59. The molecule has 1 heterocycles. The van der Waals surface area contributed by atoms with Gasteiger partial charge in [0.2, 0.25) is 9.84 Å². The van der Waals surface area contributed by atoms with Gasteiger partial charge in [-0.3, -0.25) is 0 Å². The molecule has 3 nitrogen and oxygen atoms in total. The summed E-state index contributed by atoms with van der Waals surface area (Å²) >= 11 is 2.93. The van der Waals surface area contributed by atoms with Crippen LogP contribution in [0.3, 0.4) is 0 Å². The third-order valence-corrected chi connectivity index (χ3v) is 7.01. The maximum atomic E-state index is 12.5. The average molecular weight is 357 g/mol. The largest absolute Gasteiger partial charge is 0.219 e. The summed E-state index contributed by atoms with van der Waals surface area (Å²) in [6.45, 7) is 0. The van der Waals surface area contributed by atoms with Crippen molar-refractivity contribution in [1.29, 1.82) is 5.26 Å². The molecule has 3 aromatic rings. The molecule has 0 spiro atoms. The molecule has 1 aromatic heterocycles. The van der Waals surface area contributed by atoms with Crippen LogP contribution in [-0.4, -0.2) is 8.42 Å². The van der Waals surface area contributed by atoms with Gasteiger partial charge in [-0.2, -0.15) is 5.26 Å². The fourth-order valence-corrected chi connectivity index (χ4v) is 5.16. The van der Waals surface area contributed by atoms with Crippen LogP contribution in [0.2, 0.25) is 0 Å². The predicted octanol–water partition coefficient (Wildman–Crippen LogP) is 4.60. The number of sulfone groups is 1. The Hall–Kier alpha value is -2.07. The summed E-state index contributed by atoms with van der Waals surface area (Å²) in [5.41, 5.74) is 0. The van der Waals surface area contributed by atoms with E-state index in [4.69, 9.17) is 5.26 Å². The van der Waals surface area contributed by atoms with Gasteiger partial charge in [-0.25, -0.2) is 8.42 Å². The minimum absolute atomic E-state index is 0.275. The van der Waals surface area contributed by atoms with E-state index in [1.54, 1.807) is 60.7 Å². The van der Waals surface area contributed by atoms with Crippen LogP contribution in [0.5, 0.6) is 0 Å². The monoisotopic (exact) mass is 357 g/mol. The van der Waals surface area contributed by atoms with Gasteiger partial charge in [0.15, 0.2) is 0 Å². The molecule has 0 N–H and O–H groups in total. The molecule has 3 rings (SSSR count). The van der Waals surface area contributed by atoms with Gasteiger partial charge < -0.3 is 0 Å². The lowest BCUT2D eigenvalue weighted by molar-refractivity contribution is 0.596. The first-order valence-electron chi connectivity index (χ1n) is 6.67. The van der Waals surface area contributed by atoms with E-state index in [1.165, 1.54) is 23.1 Å². The number of nitriles is 1. The van der Waals surface area contributed by atoms with Crippen molar-refractivity contribution in [3.8, 4) is 6.07 Å². The van der Waals surface area contributed by atoms with E-state index < -0.39 is 9.84 Å². The second-order valence-corrected chi connectivity index (χ2v) is 9.03. The van der Waals surface area contributed by atoms with E-state index in [2.05, 4.69) is 6.07 Å². The summed E-state index contributed by atoms with van der Waals surface area (Å²) in [4.78, 5) is 2.16. The van der Waals surface area contributed by atoms with Gasteiger partial charge in [-0.05, 0) is 48.5 Å². The Labute approximate surface area is 143 Å². The van der Waals surface area contributed by atoms with Crippen LogP contribution >= 0.6 is 23.1 Å². The lowest BCUT2D eigenvalue weighted by Gasteiger charge is -2.05. The summed E-state index contributed by atoms with van der Waals surface area (Å²) in [5.74, 6) is 0. The molecule has 0 atom stereocenters. The first kappa shape index (κ1) is 15.8. The number of thiophene rings is 1. The van der Waals surface area contributed by atoms with E-state index in [9.17, 15) is 8.42 Å². The first-order valence-corrected chi connectivity index (χ1v) is 9.79. The third kappa shape index (κ3) is 3.48. The summed E-state index contributed by atoms with van der Waals surface area (Å²) in [6.07, 6.45) is 0. The fourth-order valence-electron chi connectivity index (χ4n) is 1.97. The maximum absolute atomic E-state index is 12.5. The smallest absolute Gasteiger partial charge is 0.206 e. The van der Waals surface area contributed by atoms with Crippen LogP contribution in [0.1, 0.15) is 4.88 Å². The van der Waals surface area contributed by atoms with Crippen molar-refractivity contribution >= 4 is 32.9 Å². The normalized spacial score (nSPS) is 11.1. The van der Waals surface area contributed by atoms with Gasteiger partial charge in [-0.15, -0.1) is 11.3 Å². The highest BCUT2D eigenvalue weighted by Crippen LogP contribution is 2.34. The molecule has 0 saturated carbocycles. The van der Waals surface area contributed by atoms with E-state index >= 15 is 0 Å². The van der Waals surface area contributed by atoms with Crippen molar-refractivity contribution in [1.82, 2.24) is 0 Å². The zero-order valence-electron chi connectivity index (χ0n) is 11.8. The molecule has 0 saturated heterocycles. The predicted molar refractivity (Wildman–Crippen MR) is 91.5 cm³/mol. The lowest BCUT2D eigenvalue weighted by atomic mass is 10.4. The average Bonchev–Trinajstić information content (AvgIpc) is 3.04. The zero-order valence-corrected chi connectivity index (χ0v) is 14.3. The molecule has 0 radical (unpaired) electrons. The van der Waals surface area contributed by atoms with Crippen LogP contribution < -0.4 is 0 Å². The second-order valence-electron chi connectivity index (χ2n) is 4.62. The van der Waals surface area contributed by atoms with Gasteiger partial charge in [0.25, 0.3) is 0 Å². The van der Waals surface area contributed by atoms with Crippen LogP contribution in [-0.2, 0) is 9.84 Å². The molecule has 0 aliphatic heterocycles. The highest BCUT2D eigenvalue weighted by atomic mass is 32.2. The lowest BCUT2D eigenvalue weighted by Crippen LogP contribution is -2.01. The highest BCUT2D eigenvalue weighted by molar-refractivity contribution is 8.01. The Morgan fingerprint density at radius 3 is 2.13 bits per heavy atom. The van der Waals surface area contributed by atoms with Crippen molar-refractivity contribution in [2.24, 2.45) is 0 Å². The number of hydrogen-bond acceptors (Lipinski definition) is 5. The number of hydrogen-bond donors (Lipinski definition) is 0. The number of benzene rings is 2. The van der Waals surface area contributed by atoms with Gasteiger partial charge in [0.1, 0.15) is 10.9 Å². The number of nitrogens with zero attached hydrogens (tertiary/aromatic N) is 1. The Morgan fingerprint density at radius 1 is 0.870 bits per heavy atom. The molecule has 0 unspecified atom stereocenters. The van der Waals surface area contributed by atoms with Crippen LogP contribution in [0.4, 0.5) is 0 Å². The van der Waals surface area contributed by atoms with E-state index in [-0.39, 0.29) is 9.79 Å². The fraction of sp³-hybridized carbons (Fsp3) is 0. The van der Waals surface area contributed by atoms with E-state index in [0.29, 0.717) is 4.88 Å². The van der Waals surface area contributed by atoms with Crippen molar-refractivity contribution < 1.29 is 8.42 Å².